The summed E-state index contributed by atoms with van der Waals surface area (Å²) in [5.74, 6) is 0.653. The fourth-order valence-electron chi connectivity index (χ4n) is 2.13. The summed E-state index contributed by atoms with van der Waals surface area (Å²) in [6.07, 6.45) is 4.15. The van der Waals surface area contributed by atoms with Gasteiger partial charge in [-0.15, -0.1) is 0 Å². The van der Waals surface area contributed by atoms with Crippen LogP contribution in [0, 0.1) is 0 Å². The maximum Gasteiger partial charge on any atom is 0.223 e. The molecule has 0 fully saturated rings. The standard InChI is InChI=1S/C12H20N4.C8H10.C3H8.C2H6.2H2/c1-8(2)10(7-13)11-5-6-14-12(16-11)15-9(3)4;1-2-8-6-4-3-5-7-8;1-3-2;1-2;;/h5-6,9H,7,13H2,1-4H3,(H,14,15,16);3-7H,2H2,1H3;3H2,1-2H3;1-2H3;2*1H. The lowest BCUT2D eigenvalue weighted by atomic mass is 10.1. The van der Waals surface area contributed by atoms with Gasteiger partial charge in [0.25, 0.3) is 0 Å². The largest absolute Gasteiger partial charge is 0.352 e. The van der Waals surface area contributed by atoms with Crippen LogP contribution in [0.5, 0.6) is 0 Å². The Morgan fingerprint density at radius 2 is 1.59 bits per heavy atom. The molecule has 4 heteroatoms. The van der Waals surface area contributed by atoms with Crippen LogP contribution >= 0.6 is 0 Å². The van der Waals surface area contributed by atoms with E-state index < -0.39 is 0 Å². The summed E-state index contributed by atoms with van der Waals surface area (Å²) in [6, 6.07) is 12.7. The first-order chi connectivity index (χ1) is 13.9. The molecule has 1 aromatic heterocycles. The summed E-state index contributed by atoms with van der Waals surface area (Å²) in [4.78, 5) is 8.62. The predicted molar refractivity (Wildman–Crippen MR) is 135 cm³/mol. The van der Waals surface area contributed by atoms with Crippen molar-refractivity contribution in [2.45, 2.75) is 81.2 Å². The van der Waals surface area contributed by atoms with Crippen LogP contribution in [-0.2, 0) is 6.42 Å². The van der Waals surface area contributed by atoms with Gasteiger partial charge in [-0.05, 0) is 51.3 Å². The Kier molecular flexibility index (Phi) is 19.1. The number of hydrogen-bond donors (Lipinski definition) is 2. The fraction of sp³-hybridized carbons (Fsp3) is 0.520. The molecule has 0 aliphatic carbocycles. The molecular formula is C25H48N4. The van der Waals surface area contributed by atoms with E-state index in [9.17, 15) is 0 Å². The molecule has 1 aromatic carbocycles. The average molecular weight is 405 g/mol. The second-order valence-corrected chi connectivity index (χ2v) is 6.79. The summed E-state index contributed by atoms with van der Waals surface area (Å²) in [6.45, 7) is 19.1. The average Bonchev–Trinajstić information content (AvgIpc) is 2.71. The molecule has 0 amide bonds. The van der Waals surface area contributed by atoms with Crippen molar-refractivity contribution in [2.75, 3.05) is 11.9 Å². The maximum absolute atomic E-state index is 5.72. The Balaban J connectivity index is -0.000000205. The predicted octanol–water partition coefficient (Wildman–Crippen LogP) is 7.23. The van der Waals surface area contributed by atoms with Crippen molar-refractivity contribution in [3.05, 3.63) is 59.4 Å². The zero-order chi connectivity index (χ0) is 22.7. The summed E-state index contributed by atoms with van der Waals surface area (Å²) in [5.41, 5.74) is 10.3. The van der Waals surface area contributed by atoms with Crippen LogP contribution in [0.1, 0.15) is 82.8 Å². The van der Waals surface area contributed by atoms with E-state index in [0.717, 1.165) is 17.7 Å². The molecule has 2 rings (SSSR count). The van der Waals surface area contributed by atoms with Gasteiger partial charge in [0.1, 0.15) is 0 Å². The topological polar surface area (TPSA) is 63.8 Å². The van der Waals surface area contributed by atoms with Gasteiger partial charge in [-0.25, -0.2) is 9.97 Å². The Bertz CT molecular complexity index is 656. The van der Waals surface area contributed by atoms with E-state index in [2.05, 4.69) is 74.2 Å². The van der Waals surface area contributed by atoms with Gasteiger partial charge in [0.2, 0.25) is 5.95 Å². The first-order valence-corrected chi connectivity index (χ1v) is 10.9. The zero-order valence-electron chi connectivity index (χ0n) is 20.2. The molecule has 0 aliphatic heterocycles. The highest BCUT2D eigenvalue weighted by atomic mass is 15.1. The van der Waals surface area contributed by atoms with E-state index >= 15 is 0 Å². The highest BCUT2D eigenvalue weighted by Gasteiger charge is 2.05. The molecule has 2 aromatic rings. The molecule has 0 spiro atoms. The van der Waals surface area contributed by atoms with Crippen molar-refractivity contribution < 1.29 is 2.85 Å². The van der Waals surface area contributed by atoms with Crippen LogP contribution in [0.3, 0.4) is 0 Å². The van der Waals surface area contributed by atoms with Gasteiger partial charge in [-0.3, -0.25) is 0 Å². The minimum Gasteiger partial charge on any atom is -0.352 e. The SMILES string of the molecule is CC.CC(C)=C(CN)c1ccnc(NC(C)C)n1.CCC.CCc1ccccc1.[HH].[HH]. The number of nitrogens with zero attached hydrogens (tertiary/aromatic N) is 2. The highest BCUT2D eigenvalue weighted by molar-refractivity contribution is 5.66. The third kappa shape index (κ3) is 14.5. The number of hydrogen-bond acceptors (Lipinski definition) is 4. The van der Waals surface area contributed by atoms with Crippen molar-refractivity contribution in [2.24, 2.45) is 5.73 Å². The van der Waals surface area contributed by atoms with Crippen molar-refractivity contribution in [3.8, 4) is 0 Å². The van der Waals surface area contributed by atoms with E-state index in [-0.39, 0.29) is 2.85 Å². The first-order valence-electron chi connectivity index (χ1n) is 10.9. The zero-order valence-corrected chi connectivity index (χ0v) is 20.2. The molecule has 0 aliphatic rings. The number of aryl methyl sites for hydroxylation is 1. The van der Waals surface area contributed by atoms with Gasteiger partial charge < -0.3 is 11.1 Å². The number of allylic oxidation sites excluding steroid dienone is 1. The lowest BCUT2D eigenvalue weighted by Gasteiger charge is -2.11. The number of nitrogens with one attached hydrogen (secondary N) is 1. The quantitative estimate of drug-likeness (QED) is 0.551. The number of anilines is 1. The lowest BCUT2D eigenvalue weighted by Crippen LogP contribution is -2.14. The Morgan fingerprint density at radius 3 is 1.97 bits per heavy atom. The van der Waals surface area contributed by atoms with Gasteiger partial charge in [0.05, 0.1) is 5.69 Å². The molecule has 0 atom stereocenters. The van der Waals surface area contributed by atoms with Gasteiger partial charge in [-0.1, -0.05) is 76.9 Å². The summed E-state index contributed by atoms with van der Waals surface area (Å²) in [7, 11) is 0. The number of rotatable bonds is 5. The molecule has 29 heavy (non-hydrogen) atoms. The number of benzene rings is 1. The second kappa shape index (κ2) is 19.1. The minimum atomic E-state index is 0. The molecule has 3 N–H and O–H groups in total. The van der Waals surface area contributed by atoms with Gasteiger partial charge in [0, 0.05) is 21.6 Å². The van der Waals surface area contributed by atoms with Gasteiger partial charge in [0.15, 0.2) is 0 Å². The smallest absolute Gasteiger partial charge is 0.223 e. The summed E-state index contributed by atoms with van der Waals surface area (Å²) >= 11 is 0. The maximum atomic E-state index is 5.72. The Hall–Kier alpha value is -2.20. The van der Waals surface area contributed by atoms with Gasteiger partial charge >= 0.3 is 0 Å². The third-order valence-electron chi connectivity index (χ3n) is 3.44. The third-order valence-corrected chi connectivity index (χ3v) is 3.44. The molecule has 0 saturated heterocycles. The Labute approximate surface area is 183 Å². The summed E-state index contributed by atoms with van der Waals surface area (Å²) in [5, 5.41) is 3.18. The Morgan fingerprint density at radius 1 is 1.03 bits per heavy atom. The molecule has 4 nitrogen and oxygen atoms in total. The van der Waals surface area contributed by atoms with Crippen molar-refractivity contribution in [3.63, 3.8) is 0 Å². The number of aromatic nitrogens is 2. The monoisotopic (exact) mass is 404 g/mol. The van der Waals surface area contributed by atoms with Crippen LogP contribution in [-0.4, -0.2) is 22.6 Å². The van der Waals surface area contributed by atoms with Crippen molar-refractivity contribution in [1.29, 1.82) is 0 Å². The van der Waals surface area contributed by atoms with E-state index in [1.807, 2.05) is 39.8 Å². The van der Waals surface area contributed by atoms with Gasteiger partial charge in [-0.2, -0.15) is 0 Å². The fourth-order valence-corrected chi connectivity index (χ4v) is 2.13. The van der Waals surface area contributed by atoms with E-state index in [0.29, 0.717) is 18.5 Å². The molecular weight excluding hydrogens is 356 g/mol. The van der Waals surface area contributed by atoms with Crippen LogP contribution < -0.4 is 11.1 Å². The van der Waals surface area contributed by atoms with Crippen LogP contribution in [0.4, 0.5) is 5.95 Å². The van der Waals surface area contributed by atoms with E-state index in [1.54, 1.807) is 6.20 Å². The molecule has 168 valence electrons. The van der Waals surface area contributed by atoms with Crippen molar-refractivity contribution >= 4 is 11.5 Å². The normalized spacial score (nSPS) is 9.07. The van der Waals surface area contributed by atoms with Crippen LogP contribution in [0.15, 0.2) is 48.2 Å². The minimum absolute atomic E-state index is 0. The summed E-state index contributed by atoms with van der Waals surface area (Å²) < 4.78 is 0. The molecule has 1 heterocycles. The molecule has 0 bridgehead atoms. The van der Waals surface area contributed by atoms with Crippen LogP contribution in [0.25, 0.3) is 5.57 Å². The van der Waals surface area contributed by atoms with E-state index in [1.165, 1.54) is 17.6 Å². The van der Waals surface area contributed by atoms with E-state index in [4.69, 9.17) is 5.73 Å². The number of nitrogens with two attached hydrogens (primary N) is 1. The van der Waals surface area contributed by atoms with Crippen molar-refractivity contribution in [1.82, 2.24) is 9.97 Å². The van der Waals surface area contributed by atoms with Crippen LogP contribution in [0.2, 0.25) is 0 Å². The lowest BCUT2D eigenvalue weighted by molar-refractivity contribution is 0.872. The molecule has 0 radical (unpaired) electrons. The second-order valence-electron chi connectivity index (χ2n) is 6.79. The highest BCUT2D eigenvalue weighted by Crippen LogP contribution is 2.16. The molecule has 0 saturated carbocycles. The first kappa shape index (κ1) is 29.0. The molecule has 0 unspecified atom stereocenters.